The molecule has 10 heteroatoms. The number of fused-ring (bicyclic) bond motifs is 1. The van der Waals surface area contributed by atoms with Gasteiger partial charge in [-0.15, -0.1) is 0 Å². The Morgan fingerprint density at radius 2 is 2.30 bits per heavy atom. The average Bonchev–Trinajstić information content (AvgIpc) is 3.10. The largest absolute Gasteiger partial charge is 0.481 e. The molecule has 10 nitrogen and oxygen atoms in total. The summed E-state index contributed by atoms with van der Waals surface area (Å²) >= 11 is 0. The number of nitrogens with zero attached hydrogens (tertiary/aromatic N) is 4. The van der Waals surface area contributed by atoms with E-state index in [1.54, 1.807) is 9.47 Å². The van der Waals surface area contributed by atoms with Gasteiger partial charge < -0.3 is 30.7 Å². The second-order valence-electron chi connectivity index (χ2n) is 5.53. The smallest absolute Gasteiger partial charge is 0.305 e. The maximum Gasteiger partial charge on any atom is 0.305 e. The van der Waals surface area contributed by atoms with E-state index in [4.69, 9.17) is 20.7 Å². The van der Waals surface area contributed by atoms with Crippen LogP contribution in [0.4, 0.5) is 0 Å². The molecule has 0 unspecified atom stereocenters. The molecule has 2 aliphatic heterocycles. The van der Waals surface area contributed by atoms with E-state index >= 15 is 0 Å². The fraction of sp³-hybridized carbons (Fsp3) is 0.615. The van der Waals surface area contributed by atoms with Crippen molar-refractivity contribution in [3.63, 3.8) is 0 Å². The molecule has 0 saturated carbocycles. The van der Waals surface area contributed by atoms with Crippen molar-refractivity contribution in [2.75, 3.05) is 19.8 Å². The fourth-order valence-corrected chi connectivity index (χ4v) is 2.75. The van der Waals surface area contributed by atoms with E-state index < -0.39 is 24.4 Å². The summed E-state index contributed by atoms with van der Waals surface area (Å²) in [6, 6.07) is 0. The molecule has 5 N–H and O–H groups in total. The Kier molecular flexibility index (Phi) is 4.20. The first-order valence-corrected chi connectivity index (χ1v) is 7.29. The van der Waals surface area contributed by atoms with E-state index in [9.17, 15) is 9.90 Å². The summed E-state index contributed by atoms with van der Waals surface area (Å²) in [5.41, 5.74) is 6.59. The first-order valence-electron chi connectivity index (χ1n) is 7.29. The third-order valence-corrected chi connectivity index (χ3v) is 4.03. The Hall–Kier alpha value is -2.17. The van der Waals surface area contributed by atoms with Crippen molar-refractivity contribution in [3.05, 3.63) is 17.2 Å². The maximum atomic E-state index is 10.7. The number of rotatable bonds is 5. The van der Waals surface area contributed by atoms with E-state index in [2.05, 4.69) is 9.98 Å². The van der Waals surface area contributed by atoms with E-state index in [0.29, 0.717) is 23.1 Å². The number of ether oxygens (including phenoxy) is 1. The molecule has 3 atom stereocenters. The molecule has 1 fully saturated rings. The highest BCUT2D eigenvalue weighted by molar-refractivity contribution is 5.67. The number of aliphatic hydroxyl groups excluding tert-OH is 2. The molecule has 2 aliphatic rings. The first kappa shape index (κ1) is 15.7. The minimum atomic E-state index is -0.905. The number of imidazole rings is 1. The van der Waals surface area contributed by atoms with Gasteiger partial charge in [-0.05, 0) is 0 Å². The molecule has 0 aliphatic carbocycles. The summed E-state index contributed by atoms with van der Waals surface area (Å²) in [5.74, 6) is -0.537. The highest BCUT2D eigenvalue weighted by Crippen LogP contribution is 2.27. The Labute approximate surface area is 131 Å². The molecule has 0 aromatic carbocycles. The second kappa shape index (κ2) is 6.14. The van der Waals surface area contributed by atoms with Crippen LogP contribution in [0.25, 0.3) is 5.82 Å². The van der Waals surface area contributed by atoms with Crippen LogP contribution < -0.4 is 16.6 Å². The predicted octanol–water partition coefficient (Wildman–Crippen LogP) is -3.08. The Morgan fingerprint density at radius 1 is 1.52 bits per heavy atom. The third kappa shape index (κ3) is 2.87. The molecular formula is C13H19N5O5. The molecule has 3 heterocycles. The number of carboxylic acid groups (broad SMARTS) is 1. The van der Waals surface area contributed by atoms with Crippen molar-refractivity contribution < 1.29 is 24.9 Å². The number of carboxylic acids is 1. The van der Waals surface area contributed by atoms with Crippen molar-refractivity contribution in [1.29, 1.82) is 0 Å². The number of carbonyl (C=O) groups is 1. The van der Waals surface area contributed by atoms with Gasteiger partial charge in [-0.3, -0.25) is 9.36 Å². The number of aliphatic hydroxyl groups is 2. The van der Waals surface area contributed by atoms with Crippen molar-refractivity contribution in [2.45, 2.75) is 31.3 Å². The van der Waals surface area contributed by atoms with Gasteiger partial charge in [0.1, 0.15) is 30.2 Å². The lowest BCUT2D eigenvalue weighted by Crippen LogP contribution is -2.46. The van der Waals surface area contributed by atoms with E-state index in [0.717, 1.165) is 0 Å². The normalized spacial score (nSPS) is 27.0. The monoisotopic (exact) mass is 325 g/mol. The topological polar surface area (TPSA) is 146 Å². The highest BCUT2D eigenvalue weighted by atomic mass is 16.5. The zero-order valence-electron chi connectivity index (χ0n) is 12.4. The van der Waals surface area contributed by atoms with Crippen LogP contribution in [0.3, 0.4) is 0 Å². The summed E-state index contributed by atoms with van der Waals surface area (Å²) in [7, 11) is 0. The standard InChI is InChI=1S/C13H19N5O5/c14-12-11-13(16-5-17(12)2-1-10(21)22)18(6-15-11)9-3-7(20)8(4-19)23-9/h6-9,19-20H,1-5,14H2,(H,21,22)/t7-,8+,9+/m0/s1. The van der Waals surface area contributed by atoms with Gasteiger partial charge in [-0.25, -0.2) is 9.98 Å². The molecule has 3 rings (SSSR count). The Bertz CT molecular complexity index is 717. The summed E-state index contributed by atoms with van der Waals surface area (Å²) in [6.45, 7) is 0.224. The van der Waals surface area contributed by atoms with E-state index in [1.165, 1.54) is 6.33 Å². The van der Waals surface area contributed by atoms with E-state index in [1.807, 2.05) is 0 Å². The van der Waals surface area contributed by atoms with E-state index in [-0.39, 0.29) is 26.2 Å². The van der Waals surface area contributed by atoms with Gasteiger partial charge >= 0.3 is 5.97 Å². The summed E-state index contributed by atoms with van der Waals surface area (Å²) in [5, 5.41) is 28.2. The summed E-state index contributed by atoms with van der Waals surface area (Å²) in [6.07, 6.45) is -0.0384. The molecule has 1 aromatic rings. The van der Waals surface area contributed by atoms with Crippen LogP contribution in [0, 0.1) is 0 Å². The van der Waals surface area contributed by atoms with Crippen LogP contribution in [-0.2, 0) is 9.53 Å². The molecule has 1 saturated heterocycles. The maximum absolute atomic E-state index is 10.7. The fourth-order valence-electron chi connectivity index (χ4n) is 2.75. The molecule has 0 spiro atoms. The van der Waals surface area contributed by atoms with Crippen molar-refractivity contribution >= 4 is 11.8 Å². The highest BCUT2D eigenvalue weighted by Gasteiger charge is 2.35. The zero-order valence-corrected chi connectivity index (χ0v) is 12.4. The van der Waals surface area contributed by atoms with Crippen LogP contribution in [0.15, 0.2) is 11.3 Å². The lowest BCUT2D eigenvalue weighted by molar-refractivity contribution is -0.137. The van der Waals surface area contributed by atoms with Gasteiger partial charge in [-0.1, -0.05) is 0 Å². The first-order chi connectivity index (χ1) is 11.0. The third-order valence-electron chi connectivity index (χ3n) is 4.03. The molecule has 0 radical (unpaired) electrons. The van der Waals surface area contributed by atoms with Gasteiger partial charge in [-0.2, -0.15) is 0 Å². The molecule has 126 valence electrons. The molecule has 0 bridgehead atoms. The number of hydrogen-bond acceptors (Lipinski definition) is 8. The van der Waals surface area contributed by atoms with Crippen molar-refractivity contribution in [1.82, 2.24) is 14.5 Å². The summed E-state index contributed by atoms with van der Waals surface area (Å²) in [4.78, 5) is 20.9. The minimum absolute atomic E-state index is 0.0393. The number of hydrogen-bond donors (Lipinski definition) is 4. The Morgan fingerprint density at radius 3 is 2.96 bits per heavy atom. The SMILES string of the molecule is NC1=c2ncn([C@H]3C[C@H](O)[C@@H](CO)O3)c2=NCN1CCC(=O)O. The number of aromatic nitrogens is 2. The van der Waals surface area contributed by atoms with Crippen LogP contribution in [0.2, 0.25) is 0 Å². The molecule has 0 amide bonds. The molecule has 23 heavy (non-hydrogen) atoms. The predicted molar refractivity (Wildman–Crippen MR) is 76.0 cm³/mol. The van der Waals surface area contributed by atoms with Gasteiger partial charge in [0.2, 0.25) is 0 Å². The van der Waals surface area contributed by atoms with Gasteiger partial charge in [0.25, 0.3) is 0 Å². The average molecular weight is 325 g/mol. The Balaban J connectivity index is 1.86. The summed E-state index contributed by atoms with van der Waals surface area (Å²) < 4.78 is 7.27. The lowest BCUT2D eigenvalue weighted by atomic mass is 10.2. The van der Waals surface area contributed by atoms with Crippen LogP contribution in [0.1, 0.15) is 19.1 Å². The van der Waals surface area contributed by atoms with Crippen LogP contribution >= 0.6 is 0 Å². The van der Waals surface area contributed by atoms with Crippen molar-refractivity contribution in [2.24, 2.45) is 10.7 Å². The number of aliphatic carboxylic acids is 1. The number of nitrogens with two attached hydrogens (primary N) is 1. The zero-order chi connectivity index (χ0) is 16.6. The van der Waals surface area contributed by atoms with Gasteiger partial charge in [0.15, 0.2) is 5.49 Å². The minimum Gasteiger partial charge on any atom is -0.481 e. The van der Waals surface area contributed by atoms with Crippen molar-refractivity contribution in [3.8, 4) is 0 Å². The van der Waals surface area contributed by atoms with Crippen LogP contribution in [0.5, 0.6) is 0 Å². The molecule has 1 aromatic heterocycles. The second-order valence-corrected chi connectivity index (χ2v) is 5.53. The van der Waals surface area contributed by atoms with Crippen LogP contribution in [-0.4, -0.2) is 67.8 Å². The van der Waals surface area contributed by atoms with Gasteiger partial charge in [0.05, 0.1) is 25.5 Å². The molecular weight excluding hydrogens is 306 g/mol. The quantitative estimate of drug-likeness (QED) is 0.445. The van der Waals surface area contributed by atoms with Gasteiger partial charge in [0, 0.05) is 13.0 Å². The lowest BCUT2D eigenvalue weighted by Gasteiger charge is -2.23.